The van der Waals surface area contributed by atoms with Crippen LogP contribution in [0.25, 0.3) is 0 Å². The molecule has 0 aromatic heterocycles. The first-order valence-corrected chi connectivity index (χ1v) is 7.36. The van der Waals surface area contributed by atoms with Crippen LogP contribution in [0.5, 0.6) is 0 Å². The Hall–Kier alpha value is -2.70. The molecule has 126 valence electrons. The summed E-state index contributed by atoms with van der Waals surface area (Å²) >= 11 is 0. The van der Waals surface area contributed by atoms with E-state index in [1.165, 1.54) is 19.1 Å². The van der Waals surface area contributed by atoms with Gasteiger partial charge in [-0.3, -0.25) is 0 Å². The molecular weight excluding hydrogens is 320 g/mol. The third-order valence-corrected chi connectivity index (χ3v) is 4.24. The predicted octanol–water partition coefficient (Wildman–Crippen LogP) is 2.71. The number of carboxylic acids is 1. The summed E-state index contributed by atoms with van der Waals surface area (Å²) in [6, 6.07) is 3.92. The van der Waals surface area contributed by atoms with Gasteiger partial charge in [-0.15, -0.1) is 0 Å². The smallest absolute Gasteiger partial charge is 0.337 e. The van der Waals surface area contributed by atoms with E-state index in [9.17, 15) is 23.5 Å². The summed E-state index contributed by atoms with van der Waals surface area (Å²) in [5.41, 5.74) is 0.572. The van der Waals surface area contributed by atoms with Crippen LogP contribution in [0.2, 0.25) is 0 Å². The van der Waals surface area contributed by atoms with Crippen molar-refractivity contribution >= 4 is 11.9 Å². The molecule has 0 fully saturated rings. The van der Waals surface area contributed by atoms with Crippen LogP contribution in [0.4, 0.5) is 8.78 Å². The number of carboxylic acid groups (broad SMARTS) is 1. The number of esters is 1. The average molecular weight is 335 g/mol. The molecule has 0 saturated carbocycles. The van der Waals surface area contributed by atoms with Crippen molar-refractivity contribution in [2.75, 3.05) is 6.61 Å². The molecule has 0 radical (unpaired) electrons. The van der Waals surface area contributed by atoms with Gasteiger partial charge in [0.25, 0.3) is 0 Å². The molecule has 3 rings (SSSR count). The number of benzene rings is 1. The van der Waals surface area contributed by atoms with Crippen molar-refractivity contribution in [1.29, 1.82) is 0 Å². The normalized spacial score (nSPS) is 21.3. The minimum atomic E-state index is -1.66. The standard InChI is InChI=1S/C17H15F2NO4/c1-7(18)12-9(4-3-5-10(12)19)14-13(16(21)22)8(2)20-11-6-24-17(23)15(11)14/h3-5,7,14,20H,6H2,1-2H3,(H,21,22)/t7?,14-/m0/s1. The van der Waals surface area contributed by atoms with E-state index in [1.54, 1.807) is 6.92 Å². The van der Waals surface area contributed by atoms with Crippen LogP contribution >= 0.6 is 0 Å². The Labute approximate surface area is 136 Å². The van der Waals surface area contributed by atoms with Gasteiger partial charge in [-0.2, -0.15) is 0 Å². The number of aliphatic carboxylic acids is 1. The predicted molar refractivity (Wildman–Crippen MR) is 80.1 cm³/mol. The van der Waals surface area contributed by atoms with Crippen molar-refractivity contribution in [2.45, 2.75) is 25.9 Å². The fourth-order valence-corrected chi connectivity index (χ4v) is 3.29. The first-order chi connectivity index (χ1) is 11.3. The second-order valence-electron chi connectivity index (χ2n) is 5.73. The number of nitrogens with one attached hydrogen (secondary N) is 1. The Kier molecular flexibility index (Phi) is 3.87. The lowest BCUT2D eigenvalue weighted by molar-refractivity contribution is -0.136. The molecule has 2 aliphatic rings. The number of allylic oxidation sites excluding steroid dienone is 1. The van der Waals surface area contributed by atoms with Gasteiger partial charge < -0.3 is 15.2 Å². The summed E-state index contributed by atoms with van der Waals surface area (Å²) in [4.78, 5) is 23.9. The van der Waals surface area contributed by atoms with Crippen molar-refractivity contribution in [3.63, 3.8) is 0 Å². The molecule has 2 aliphatic heterocycles. The van der Waals surface area contributed by atoms with E-state index in [0.717, 1.165) is 6.07 Å². The van der Waals surface area contributed by atoms with Gasteiger partial charge in [-0.05, 0) is 25.5 Å². The monoisotopic (exact) mass is 335 g/mol. The van der Waals surface area contributed by atoms with Gasteiger partial charge >= 0.3 is 11.9 Å². The topological polar surface area (TPSA) is 75.6 Å². The highest BCUT2D eigenvalue weighted by atomic mass is 19.1. The molecule has 0 bridgehead atoms. The quantitative estimate of drug-likeness (QED) is 0.831. The molecule has 0 aliphatic carbocycles. The van der Waals surface area contributed by atoms with Gasteiger partial charge in [0, 0.05) is 11.3 Å². The summed E-state index contributed by atoms with van der Waals surface area (Å²) in [6.45, 7) is 2.69. The lowest BCUT2D eigenvalue weighted by Crippen LogP contribution is -2.30. The highest BCUT2D eigenvalue weighted by molar-refractivity contribution is 6.00. The van der Waals surface area contributed by atoms with E-state index in [-0.39, 0.29) is 28.9 Å². The van der Waals surface area contributed by atoms with E-state index in [2.05, 4.69) is 5.32 Å². The summed E-state index contributed by atoms with van der Waals surface area (Å²) < 4.78 is 33.2. The second kappa shape index (κ2) is 5.74. The van der Waals surface area contributed by atoms with Gasteiger partial charge in [-0.1, -0.05) is 12.1 Å². The van der Waals surface area contributed by atoms with Gasteiger partial charge in [0.1, 0.15) is 18.6 Å². The number of carbonyl (C=O) groups excluding carboxylic acids is 1. The van der Waals surface area contributed by atoms with Gasteiger partial charge in [0.05, 0.1) is 22.8 Å². The van der Waals surface area contributed by atoms with Crippen LogP contribution in [-0.2, 0) is 14.3 Å². The van der Waals surface area contributed by atoms with Crippen LogP contribution in [0.3, 0.4) is 0 Å². The Morgan fingerprint density at radius 3 is 2.79 bits per heavy atom. The molecule has 5 nitrogen and oxygen atoms in total. The lowest BCUT2D eigenvalue weighted by Gasteiger charge is -2.28. The molecule has 0 amide bonds. The van der Waals surface area contributed by atoms with E-state index in [4.69, 9.17) is 4.74 Å². The zero-order chi connectivity index (χ0) is 17.6. The van der Waals surface area contributed by atoms with Crippen molar-refractivity contribution in [3.05, 3.63) is 57.7 Å². The summed E-state index contributed by atoms with van der Waals surface area (Å²) in [5, 5.41) is 12.4. The lowest BCUT2D eigenvalue weighted by atomic mass is 9.78. The van der Waals surface area contributed by atoms with Crippen LogP contribution in [0.1, 0.15) is 37.1 Å². The van der Waals surface area contributed by atoms with Crippen molar-refractivity contribution in [2.24, 2.45) is 0 Å². The summed E-state index contributed by atoms with van der Waals surface area (Å²) in [5.74, 6) is -3.82. The summed E-state index contributed by atoms with van der Waals surface area (Å²) in [7, 11) is 0. The number of rotatable bonds is 3. The number of hydrogen-bond acceptors (Lipinski definition) is 4. The molecule has 1 unspecified atom stereocenters. The first-order valence-electron chi connectivity index (χ1n) is 7.36. The van der Waals surface area contributed by atoms with Crippen LogP contribution in [0.15, 0.2) is 40.7 Å². The van der Waals surface area contributed by atoms with E-state index in [0.29, 0.717) is 11.4 Å². The fourth-order valence-electron chi connectivity index (χ4n) is 3.29. The maximum atomic E-state index is 14.2. The minimum absolute atomic E-state index is 0.0231. The van der Waals surface area contributed by atoms with Gasteiger partial charge in [0.2, 0.25) is 0 Å². The molecule has 1 aromatic rings. The fraction of sp³-hybridized carbons (Fsp3) is 0.294. The Balaban J connectivity index is 2.29. The molecule has 1 aromatic carbocycles. The van der Waals surface area contributed by atoms with E-state index in [1.807, 2.05) is 0 Å². The number of ether oxygens (including phenoxy) is 1. The average Bonchev–Trinajstić information content (AvgIpc) is 2.85. The number of alkyl halides is 1. The van der Waals surface area contributed by atoms with E-state index < -0.39 is 29.8 Å². The Bertz CT molecular complexity index is 809. The van der Waals surface area contributed by atoms with Crippen molar-refractivity contribution in [1.82, 2.24) is 5.32 Å². The largest absolute Gasteiger partial charge is 0.478 e. The third-order valence-electron chi connectivity index (χ3n) is 4.24. The van der Waals surface area contributed by atoms with Gasteiger partial charge in [0.15, 0.2) is 0 Å². The third kappa shape index (κ3) is 2.36. The van der Waals surface area contributed by atoms with Crippen molar-refractivity contribution < 1.29 is 28.2 Å². The SMILES string of the molecule is CC1=C(C(=O)O)[C@H](c2cccc(F)c2C(C)F)C2=C(COC2=O)N1. The summed E-state index contributed by atoms with van der Waals surface area (Å²) in [6.07, 6.45) is -1.66. The number of hydrogen-bond donors (Lipinski definition) is 2. The van der Waals surface area contributed by atoms with Crippen LogP contribution in [-0.4, -0.2) is 23.7 Å². The molecule has 2 atom stereocenters. The molecule has 0 saturated heterocycles. The molecule has 7 heteroatoms. The number of dihydropyridines is 1. The first kappa shape index (κ1) is 16.2. The van der Waals surface area contributed by atoms with Gasteiger partial charge in [-0.25, -0.2) is 18.4 Å². The minimum Gasteiger partial charge on any atom is -0.478 e. The molecule has 24 heavy (non-hydrogen) atoms. The molecule has 2 N–H and O–H groups in total. The maximum absolute atomic E-state index is 14.2. The zero-order valence-electron chi connectivity index (χ0n) is 13.0. The van der Waals surface area contributed by atoms with Crippen LogP contribution in [0, 0.1) is 5.82 Å². The molecule has 2 heterocycles. The number of halogens is 2. The highest BCUT2D eigenvalue weighted by Crippen LogP contribution is 2.44. The second-order valence-corrected chi connectivity index (χ2v) is 5.73. The Morgan fingerprint density at radius 2 is 2.17 bits per heavy atom. The van der Waals surface area contributed by atoms with Crippen molar-refractivity contribution in [3.8, 4) is 0 Å². The number of carbonyl (C=O) groups is 2. The van der Waals surface area contributed by atoms with E-state index >= 15 is 0 Å². The Morgan fingerprint density at radius 1 is 1.46 bits per heavy atom. The molecule has 0 spiro atoms. The zero-order valence-corrected chi connectivity index (χ0v) is 13.0. The van der Waals surface area contributed by atoms with Crippen LogP contribution < -0.4 is 5.32 Å². The maximum Gasteiger partial charge on any atom is 0.337 e. The molecular formula is C17H15F2NO4. The highest BCUT2D eigenvalue weighted by Gasteiger charge is 2.42. The number of cyclic esters (lactones) is 1.